The summed E-state index contributed by atoms with van der Waals surface area (Å²) in [5.41, 5.74) is 3.02. The van der Waals surface area contributed by atoms with Gasteiger partial charge in [0.2, 0.25) is 0 Å². The van der Waals surface area contributed by atoms with Gasteiger partial charge in [-0.15, -0.1) is 18.2 Å². The zero-order valence-electron chi connectivity index (χ0n) is 37.9. The van der Waals surface area contributed by atoms with Gasteiger partial charge in [-0.1, -0.05) is 118 Å². The number of hydrogen-bond donors (Lipinski definition) is 1. The van der Waals surface area contributed by atoms with E-state index in [1.54, 1.807) is 11.8 Å². The molecule has 4 fully saturated rings. The number of fused-ring (bicyclic) bond motifs is 5. The van der Waals surface area contributed by atoms with Crippen LogP contribution in [-0.4, -0.2) is 48.1 Å². The first-order valence-corrected chi connectivity index (χ1v) is 24.3. The lowest BCUT2D eigenvalue weighted by molar-refractivity contribution is -0.164. The zero-order chi connectivity index (χ0) is 44.1. The van der Waals surface area contributed by atoms with Crippen molar-refractivity contribution in [1.29, 1.82) is 0 Å². The normalized spacial score (nSPS) is 29.0. The van der Waals surface area contributed by atoms with Crippen LogP contribution in [-0.2, 0) is 28.5 Å². The molecule has 0 aromatic heterocycles. The monoisotopic (exact) mass is 859 g/mol. The van der Waals surface area contributed by atoms with E-state index in [1.807, 2.05) is 39.0 Å². The molecule has 1 N–H and O–H groups in total. The molecule has 3 aromatic rings. The van der Waals surface area contributed by atoms with Crippen molar-refractivity contribution in [2.75, 3.05) is 12.4 Å². The van der Waals surface area contributed by atoms with E-state index in [9.17, 15) is 14.4 Å². The Bertz CT molecular complexity index is 1930. The molecule has 0 saturated heterocycles. The van der Waals surface area contributed by atoms with Gasteiger partial charge in [-0.3, -0.25) is 4.79 Å². The van der Waals surface area contributed by atoms with E-state index in [0.717, 1.165) is 48.8 Å². The number of benzene rings is 3. The van der Waals surface area contributed by atoms with Crippen LogP contribution in [0, 0.1) is 58.7 Å². The Hall–Kier alpha value is -4.22. The molecule has 7 nitrogen and oxygen atoms in total. The van der Waals surface area contributed by atoms with Gasteiger partial charge in [0, 0.05) is 12.2 Å². The van der Waals surface area contributed by atoms with E-state index in [0.29, 0.717) is 47.3 Å². The number of esters is 2. The van der Waals surface area contributed by atoms with Gasteiger partial charge in [-0.25, -0.2) is 9.59 Å². The van der Waals surface area contributed by atoms with Crippen LogP contribution in [0.4, 0.5) is 4.79 Å². The van der Waals surface area contributed by atoms with Crippen LogP contribution in [0.2, 0.25) is 0 Å². The molecule has 4 saturated carbocycles. The summed E-state index contributed by atoms with van der Waals surface area (Å²) in [6.45, 7) is 13.0. The third-order valence-electron chi connectivity index (χ3n) is 15.8. The second-order valence-corrected chi connectivity index (χ2v) is 21.6. The Morgan fingerprint density at radius 1 is 0.806 bits per heavy atom. The number of rotatable bonds is 14. The summed E-state index contributed by atoms with van der Waals surface area (Å²) >= 11 is 1.63. The predicted octanol–water partition coefficient (Wildman–Crippen LogP) is 11.8. The largest absolute Gasteiger partial charge is 0.461 e. The van der Waals surface area contributed by atoms with Crippen molar-refractivity contribution in [3.8, 4) is 12.3 Å². The van der Waals surface area contributed by atoms with E-state index in [4.69, 9.17) is 20.6 Å². The lowest BCUT2D eigenvalue weighted by Gasteiger charge is -2.61. The maximum Gasteiger partial charge on any atom is 0.408 e. The average Bonchev–Trinajstić information content (AvgIpc) is 3.62. The minimum Gasteiger partial charge on any atom is -0.461 e. The van der Waals surface area contributed by atoms with Gasteiger partial charge >= 0.3 is 18.0 Å². The molecule has 4 aliphatic rings. The average molecular weight is 860 g/mol. The molecule has 0 bridgehead atoms. The molecule has 8 heteroatoms. The Kier molecular flexibility index (Phi) is 14.2. The van der Waals surface area contributed by atoms with Crippen molar-refractivity contribution >= 4 is 29.8 Å². The third-order valence-corrected chi connectivity index (χ3v) is 17.4. The second kappa shape index (κ2) is 19.3. The topological polar surface area (TPSA) is 90.9 Å². The highest BCUT2D eigenvalue weighted by Crippen LogP contribution is 2.68. The van der Waals surface area contributed by atoms with E-state index < -0.39 is 28.5 Å². The van der Waals surface area contributed by atoms with Crippen molar-refractivity contribution in [2.24, 2.45) is 46.3 Å². The Labute approximate surface area is 375 Å². The smallest absolute Gasteiger partial charge is 0.408 e. The quantitative estimate of drug-likeness (QED) is 0.0747. The molecule has 62 heavy (non-hydrogen) atoms. The number of terminal acetylenes is 1. The Morgan fingerprint density at radius 2 is 1.39 bits per heavy atom. The number of carbonyl (C=O) groups is 3. The van der Waals surface area contributed by atoms with Gasteiger partial charge < -0.3 is 19.5 Å². The maximum atomic E-state index is 14.5. The van der Waals surface area contributed by atoms with Crippen molar-refractivity contribution in [3.63, 3.8) is 0 Å². The van der Waals surface area contributed by atoms with Gasteiger partial charge in [0.1, 0.15) is 17.7 Å². The maximum absolute atomic E-state index is 14.5. The molecule has 0 radical (unpaired) electrons. The van der Waals surface area contributed by atoms with Crippen LogP contribution < -0.4 is 5.32 Å². The highest BCUT2D eigenvalue weighted by molar-refractivity contribution is 8.00. The lowest BCUT2D eigenvalue weighted by Crippen LogP contribution is -2.54. The van der Waals surface area contributed by atoms with Crippen LogP contribution >= 0.6 is 11.8 Å². The van der Waals surface area contributed by atoms with Crippen molar-refractivity contribution in [1.82, 2.24) is 5.32 Å². The predicted molar refractivity (Wildman–Crippen MR) is 248 cm³/mol. The van der Waals surface area contributed by atoms with Crippen molar-refractivity contribution < 1.29 is 28.6 Å². The van der Waals surface area contributed by atoms with Crippen LogP contribution in [0.15, 0.2) is 91.0 Å². The van der Waals surface area contributed by atoms with E-state index in [2.05, 4.69) is 105 Å². The molecule has 332 valence electrons. The lowest BCUT2D eigenvalue weighted by atomic mass is 9.44. The summed E-state index contributed by atoms with van der Waals surface area (Å²) in [5, 5.41) is 2.96. The number of alkyl carbamates (subject to hydrolysis) is 1. The van der Waals surface area contributed by atoms with Crippen LogP contribution in [0.1, 0.15) is 129 Å². The third kappa shape index (κ3) is 9.64. The fourth-order valence-corrected chi connectivity index (χ4v) is 14.4. The first kappa shape index (κ1) is 45.8. The summed E-state index contributed by atoms with van der Waals surface area (Å²) in [4.78, 5) is 40.3. The van der Waals surface area contributed by atoms with Gasteiger partial charge in [0.15, 0.2) is 6.61 Å². The number of carbonyl (C=O) groups excluding carboxylic acids is 3. The minimum absolute atomic E-state index is 0.0492. The number of hydrogen-bond acceptors (Lipinski definition) is 7. The summed E-state index contributed by atoms with van der Waals surface area (Å²) < 4.78 is 16.8. The van der Waals surface area contributed by atoms with E-state index in [1.165, 1.54) is 32.1 Å². The molecule has 10 atom stereocenters. The second-order valence-electron chi connectivity index (χ2n) is 20.4. The zero-order valence-corrected chi connectivity index (χ0v) is 38.7. The molecule has 0 heterocycles. The molecule has 7 rings (SSSR count). The highest BCUT2D eigenvalue weighted by atomic mass is 32.2. The van der Waals surface area contributed by atoms with Gasteiger partial charge in [-0.2, -0.15) is 0 Å². The first-order valence-electron chi connectivity index (χ1n) is 23.3. The Balaban J connectivity index is 1.05. The summed E-state index contributed by atoms with van der Waals surface area (Å²) in [6, 6.07) is 30.3. The summed E-state index contributed by atoms with van der Waals surface area (Å²) in [7, 11) is 0. The van der Waals surface area contributed by atoms with Gasteiger partial charge in [0.05, 0.1) is 4.75 Å². The molecule has 1 amide bonds. The molecule has 0 spiro atoms. The molecular weight excluding hydrogens is 791 g/mol. The molecule has 3 aromatic carbocycles. The van der Waals surface area contributed by atoms with Gasteiger partial charge in [-0.05, 0) is 148 Å². The van der Waals surface area contributed by atoms with Crippen LogP contribution in [0.3, 0.4) is 0 Å². The number of nitrogens with one attached hydrogen (secondary N) is 1. The number of thioether (sulfide) groups is 1. The SMILES string of the molecule is C#CCOC(=O)CC[C@@H](C)[C@H]1CC[C@H]2[C@@H]3CC[C@@H]4C[C@H](OC(=O)C(CSC(c5ccccc5)(c5ccccc5)c5ccccc5)NC(=O)OC(C)(C)C)CC[C@]4(C)[C@H]3CC[C@]12C. The minimum atomic E-state index is -0.934. The molecular formula is C54H69NO6S. The van der Waals surface area contributed by atoms with Gasteiger partial charge in [0.25, 0.3) is 0 Å². The van der Waals surface area contributed by atoms with Crippen molar-refractivity contribution in [3.05, 3.63) is 108 Å². The van der Waals surface area contributed by atoms with Crippen LogP contribution in [0.25, 0.3) is 0 Å². The highest BCUT2D eigenvalue weighted by Gasteiger charge is 2.61. The summed E-state index contributed by atoms with van der Waals surface area (Å²) in [6.07, 6.45) is 15.9. The fraction of sp³-hybridized carbons (Fsp3) is 0.574. The van der Waals surface area contributed by atoms with Crippen molar-refractivity contribution in [2.45, 2.75) is 135 Å². The number of ether oxygens (including phenoxy) is 3. The van der Waals surface area contributed by atoms with E-state index in [-0.39, 0.29) is 29.8 Å². The molecule has 4 aliphatic carbocycles. The number of amides is 1. The van der Waals surface area contributed by atoms with E-state index >= 15 is 0 Å². The molecule has 0 aliphatic heterocycles. The Morgan fingerprint density at radius 3 is 1.97 bits per heavy atom. The van der Waals surface area contributed by atoms with Crippen LogP contribution in [0.5, 0.6) is 0 Å². The molecule has 1 unspecified atom stereocenters. The standard InChI is InChI=1S/C54H69NO6S/c1-8-34-59-48(56)29-24-37(2)44-27-28-45-43-26-25-41-35-42(30-32-52(41,6)46(43)31-33-53(44,45)7)60-49(57)47(55-50(58)61-51(3,4)5)36-62-54(38-18-12-9-13-19-38,39-20-14-10-15-21-39)40-22-16-11-17-23-40/h1,9-23,37,41-47H,24-36H2,2-7H3,(H,55,58)/t37-,41-,42-,43+,44-,45+,46+,47?,52+,53-/m1/s1. The first-order chi connectivity index (χ1) is 29.7. The fourth-order valence-electron chi connectivity index (χ4n) is 12.9. The summed E-state index contributed by atoms with van der Waals surface area (Å²) in [5.74, 6) is 5.74.